The van der Waals surface area contributed by atoms with E-state index in [1.165, 1.54) is 25.1 Å². The van der Waals surface area contributed by atoms with Gasteiger partial charge in [-0.1, -0.05) is 42.5 Å². The van der Waals surface area contributed by atoms with Crippen LogP contribution in [-0.2, 0) is 19.1 Å². The highest BCUT2D eigenvalue weighted by Gasteiger charge is 2.66. The molecule has 0 aliphatic carbocycles. The van der Waals surface area contributed by atoms with Crippen molar-refractivity contribution >= 4 is 17.7 Å². The predicted molar refractivity (Wildman–Crippen MR) is 95.8 cm³/mol. The molecular weight excluding hydrogens is 346 g/mol. The molecule has 2 N–H and O–H groups in total. The summed E-state index contributed by atoms with van der Waals surface area (Å²) < 4.78 is 4.97. The molecule has 0 aromatic heterocycles. The standard InChI is InChI=1S/C20H19N3O4/c1-12(24)14-8-9-15-20(11-21,19(26)27-2)16(13-6-4-3-5-7-13)17(18(22)25)23(15)10-14/h3-10,15-17H,1-2H3,(H2,22,25)/t15-,16-,17+,20-/m1/s1. The average molecular weight is 365 g/mol. The lowest BCUT2D eigenvalue weighted by molar-refractivity contribution is -0.150. The number of ether oxygens (including phenoxy) is 1. The zero-order valence-electron chi connectivity index (χ0n) is 15.0. The Hall–Kier alpha value is -3.40. The van der Waals surface area contributed by atoms with E-state index >= 15 is 0 Å². The summed E-state index contributed by atoms with van der Waals surface area (Å²) in [6, 6.07) is 9.14. The Morgan fingerprint density at radius 1 is 1.26 bits per heavy atom. The van der Waals surface area contributed by atoms with E-state index in [-0.39, 0.29) is 5.78 Å². The topological polar surface area (TPSA) is 113 Å². The normalized spacial score (nSPS) is 28.7. The van der Waals surface area contributed by atoms with Gasteiger partial charge in [0, 0.05) is 17.7 Å². The van der Waals surface area contributed by atoms with E-state index in [0.717, 1.165) is 0 Å². The first kappa shape index (κ1) is 18.4. The third-order valence-electron chi connectivity index (χ3n) is 5.23. The fraction of sp³-hybridized carbons (Fsp3) is 0.300. The van der Waals surface area contributed by atoms with Crippen LogP contribution in [0.15, 0.2) is 54.3 Å². The smallest absolute Gasteiger partial charge is 0.329 e. The minimum atomic E-state index is -1.69. The summed E-state index contributed by atoms with van der Waals surface area (Å²) in [4.78, 5) is 38.6. The lowest BCUT2D eigenvalue weighted by Crippen LogP contribution is -2.45. The number of Topliss-reactive ketones (excluding diaryl/α,β-unsaturated/α-hetero) is 1. The number of nitriles is 1. The number of benzene rings is 1. The molecule has 7 nitrogen and oxygen atoms in total. The van der Waals surface area contributed by atoms with Crippen LogP contribution in [0.5, 0.6) is 0 Å². The van der Waals surface area contributed by atoms with Crippen molar-refractivity contribution in [2.45, 2.75) is 24.9 Å². The second-order valence-corrected chi connectivity index (χ2v) is 6.60. The largest absolute Gasteiger partial charge is 0.468 e. The Morgan fingerprint density at radius 2 is 1.93 bits per heavy atom. The maximum Gasteiger partial charge on any atom is 0.329 e. The van der Waals surface area contributed by atoms with Crippen LogP contribution in [0.2, 0.25) is 0 Å². The number of carbonyl (C=O) groups is 3. The molecule has 0 bridgehead atoms. The first-order chi connectivity index (χ1) is 12.9. The van der Waals surface area contributed by atoms with E-state index in [4.69, 9.17) is 10.5 Å². The zero-order chi connectivity index (χ0) is 19.8. The molecule has 1 aromatic carbocycles. The Kier molecular flexibility index (Phi) is 4.58. The molecule has 1 amide bonds. The van der Waals surface area contributed by atoms with Gasteiger partial charge >= 0.3 is 5.97 Å². The maximum absolute atomic E-state index is 12.8. The number of primary amides is 1. The van der Waals surface area contributed by atoms with Gasteiger partial charge in [-0.15, -0.1) is 0 Å². The van der Waals surface area contributed by atoms with Gasteiger partial charge in [0.25, 0.3) is 0 Å². The van der Waals surface area contributed by atoms with Crippen molar-refractivity contribution in [2.24, 2.45) is 11.1 Å². The molecular formula is C20H19N3O4. The number of hydrogen-bond acceptors (Lipinski definition) is 6. The van der Waals surface area contributed by atoms with Gasteiger partial charge in [0.05, 0.1) is 19.2 Å². The van der Waals surface area contributed by atoms with Crippen LogP contribution in [-0.4, -0.2) is 41.8 Å². The van der Waals surface area contributed by atoms with Crippen molar-refractivity contribution in [3.8, 4) is 6.07 Å². The van der Waals surface area contributed by atoms with Gasteiger partial charge in [-0.2, -0.15) is 5.26 Å². The highest BCUT2D eigenvalue weighted by Crippen LogP contribution is 2.53. The molecule has 7 heteroatoms. The van der Waals surface area contributed by atoms with Crippen LogP contribution in [0.4, 0.5) is 0 Å². The van der Waals surface area contributed by atoms with E-state index in [2.05, 4.69) is 6.07 Å². The minimum absolute atomic E-state index is 0.197. The Morgan fingerprint density at radius 3 is 2.44 bits per heavy atom. The summed E-state index contributed by atoms with van der Waals surface area (Å²) in [5, 5.41) is 10.1. The van der Waals surface area contributed by atoms with E-state index < -0.39 is 35.3 Å². The molecule has 1 saturated heterocycles. The number of nitrogens with zero attached hydrogens (tertiary/aromatic N) is 2. The highest BCUT2D eigenvalue weighted by atomic mass is 16.5. The number of esters is 1. The third kappa shape index (κ3) is 2.61. The summed E-state index contributed by atoms with van der Waals surface area (Å²) in [6.45, 7) is 1.40. The number of rotatable bonds is 4. The number of amides is 1. The molecule has 0 unspecified atom stereocenters. The van der Waals surface area contributed by atoms with Gasteiger partial charge in [-0.25, -0.2) is 0 Å². The lowest BCUT2D eigenvalue weighted by Gasteiger charge is -2.32. The molecule has 1 aromatic rings. The molecule has 2 aliphatic rings. The number of allylic oxidation sites excluding steroid dienone is 2. The van der Waals surface area contributed by atoms with E-state index in [9.17, 15) is 19.6 Å². The van der Waals surface area contributed by atoms with Crippen LogP contribution in [0.25, 0.3) is 0 Å². The second-order valence-electron chi connectivity index (χ2n) is 6.60. The predicted octanol–water partition coefficient (Wildman–Crippen LogP) is 1.03. The van der Waals surface area contributed by atoms with Crippen LogP contribution < -0.4 is 5.73 Å². The van der Waals surface area contributed by atoms with Crippen molar-refractivity contribution in [1.29, 1.82) is 5.26 Å². The fourth-order valence-corrected chi connectivity index (χ4v) is 4.05. The average Bonchev–Trinajstić information content (AvgIpc) is 2.98. The third-order valence-corrected chi connectivity index (χ3v) is 5.23. The number of nitrogens with two attached hydrogens (primary N) is 1. The molecule has 0 saturated carbocycles. The molecule has 138 valence electrons. The monoisotopic (exact) mass is 365 g/mol. The number of carbonyl (C=O) groups excluding carboxylic acids is 3. The van der Waals surface area contributed by atoms with Crippen molar-refractivity contribution in [3.05, 3.63) is 59.8 Å². The lowest BCUT2D eigenvalue weighted by atomic mass is 9.69. The van der Waals surface area contributed by atoms with Gasteiger partial charge in [0.15, 0.2) is 11.2 Å². The Balaban J connectivity index is 2.29. The first-order valence-corrected chi connectivity index (χ1v) is 8.40. The summed E-state index contributed by atoms with van der Waals surface area (Å²) in [5.74, 6) is -2.49. The van der Waals surface area contributed by atoms with E-state index in [0.29, 0.717) is 11.1 Å². The summed E-state index contributed by atoms with van der Waals surface area (Å²) >= 11 is 0. The SMILES string of the molecule is COC(=O)[C@@]1(C#N)[C@H](c2ccccc2)[C@@H](C(N)=O)N2C=C(C(C)=O)C=C[C@@H]21. The van der Waals surface area contributed by atoms with E-state index in [1.54, 1.807) is 42.5 Å². The molecule has 27 heavy (non-hydrogen) atoms. The van der Waals surface area contributed by atoms with Crippen LogP contribution in [0.1, 0.15) is 18.4 Å². The van der Waals surface area contributed by atoms with Crippen LogP contribution >= 0.6 is 0 Å². The molecule has 4 atom stereocenters. The highest BCUT2D eigenvalue weighted by molar-refractivity contribution is 5.97. The van der Waals surface area contributed by atoms with Gasteiger partial charge in [-0.3, -0.25) is 14.4 Å². The molecule has 1 fully saturated rings. The molecule has 3 rings (SSSR count). The Bertz CT molecular complexity index is 900. The second kappa shape index (κ2) is 6.72. The molecule has 2 aliphatic heterocycles. The maximum atomic E-state index is 12.8. The first-order valence-electron chi connectivity index (χ1n) is 8.40. The summed E-state index contributed by atoms with van der Waals surface area (Å²) in [5.41, 5.74) is 4.98. The van der Waals surface area contributed by atoms with Crippen LogP contribution in [0.3, 0.4) is 0 Å². The van der Waals surface area contributed by atoms with Gasteiger partial charge < -0.3 is 15.4 Å². The van der Waals surface area contributed by atoms with Crippen molar-refractivity contribution in [2.75, 3.05) is 7.11 Å². The molecule has 0 spiro atoms. The van der Waals surface area contributed by atoms with E-state index in [1.807, 2.05) is 0 Å². The fourth-order valence-electron chi connectivity index (χ4n) is 4.05. The summed E-state index contributed by atoms with van der Waals surface area (Å²) in [6.07, 6.45) is 4.65. The van der Waals surface area contributed by atoms with Crippen LogP contribution in [0, 0.1) is 16.7 Å². The summed E-state index contributed by atoms with van der Waals surface area (Å²) in [7, 11) is 1.20. The molecule has 0 radical (unpaired) electrons. The van der Waals surface area contributed by atoms with Gasteiger partial charge in [0.2, 0.25) is 5.91 Å². The Labute approximate surface area is 156 Å². The number of hydrogen-bond donors (Lipinski definition) is 1. The molecule has 2 heterocycles. The van der Waals surface area contributed by atoms with Crippen molar-refractivity contribution < 1.29 is 19.1 Å². The minimum Gasteiger partial charge on any atom is -0.468 e. The number of fused-ring (bicyclic) bond motifs is 1. The van der Waals surface area contributed by atoms with Gasteiger partial charge in [-0.05, 0) is 12.5 Å². The number of methoxy groups -OCH3 is 1. The number of ketones is 1. The van der Waals surface area contributed by atoms with Crippen molar-refractivity contribution in [3.63, 3.8) is 0 Å². The quantitative estimate of drug-likeness (QED) is 0.798. The zero-order valence-corrected chi connectivity index (χ0v) is 15.0. The van der Waals surface area contributed by atoms with Crippen molar-refractivity contribution in [1.82, 2.24) is 4.90 Å². The van der Waals surface area contributed by atoms with Gasteiger partial charge in [0.1, 0.15) is 6.04 Å².